The van der Waals surface area contributed by atoms with E-state index in [0.717, 1.165) is 23.3 Å². The van der Waals surface area contributed by atoms with Crippen molar-refractivity contribution in [3.63, 3.8) is 0 Å². The molecule has 2 aromatic rings. The minimum Gasteiger partial charge on any atom is -0.496 e. The van der Waals surface area contributed by atoms with Gasteiger partial charge in [-0.25, -0.2) is 8.42 Å². The number of ether oxygens (including phenoxy) is 1. The van der Waals surface area contributed by atoms with Crippen molar-refractivity contribution in [1.29, 1.82) is 0 Å². The third kappa shape index (κ3) is 6.74. The number of rotatable bonds is 9. The predicted molar refractivity (Wildman–Crippen MR) is 122 cm³/mol. The highest BCUT2D eigenvalue weighted by Gasteiger charge is 2.18. The topological polar surface area (TPSA) is 83.0 Å². The summed E-state index contributed by atoms with van der Waals surface area (Å²) in [6, 6.07) is 15.1. The Hall–Kier alpha value is -2.58. The zero-order valence-corrected chi connectivity index (χ0v) is 19.2. The molecule has 2 rings (SSSR count). The van der Waals surface area contributed by atoms with Crippen molar-refractivity contribution >= 4 is 15.8 Å². The molecule has 0 bridgehead atoms. The summed E-state index contributed by atoms with van der Waals surface area (Å²) >= 11 is 0. The van der Waals surface area contributed by atoms with Crippen LogP contribution < -0.4 is 15.4 Å². The van der Waals surface area contributed by atoms with Crippen LogP contribution in [0.15, 0.2) is 58.4 Å². The minimum atomic E-state index is -3.17. The summed E-state index contributed by atoms with van der Waals surface area (Å²) in [7, 11) is 4.33. The Labute approximate surface area is 180 Å². The zero-order valence-electron chi connectivity index (χ0n) is 18.3. The molecule has 1 unspecified atom stereocenters. The summed E-state index contributed by atoms with van der Waals surface area (Å²) in [5.41, 5.74) is 2.17. The van der Waals surface area contributed by atoms with E-state index in [2.05, 4.69) is 26.6 Å². The molecule has 8 heteroatoms. The van der Waals surface area contributed by atoms with Crippen LogP contribution in [-0.2, 0) is 16.3 Å². The van der Waals surface area contributed by atoms with Crippen molar-refractivity contribution in [1.82, 2.24) is 15.5 Å². The van der Waals surface area contributed by atoms with Gasteiger partial charge in [0.05, 0.1) is 18.0 Å². The predicted octanol–water partition coefficient (Wildman–Crippen LogP) is 2.11. The highest BCUT2D eigenvalue weighted by Crippen LogP contribution is 2.27. The van der Waals surface area contributed by atoms with E-state index in [9.17, 15) is 8.42 Å². The maximum absolute atomic E-state index is 11.6. The SMILES string of the molecule is CN=C(NCCc1ccc(S(C)(=O)=O)cc1)NCC(c1ccccc1OC)N(C)C. The van der Waals surface area contributed by atoms with Crippen LogP contribution in [0.3, 0.4) is 0 Å². The molecule has 0 aliphatic rings. The Kier molecular flexibility index (Phi) is 8.68. The average molecular weight is 433 g/mol. The molecule has 30 heavy (non-hydrogen) atoms. The summed E-state index contributed by atoms with van der Waals surface area (Å²) < 4.78 is 28.6. The second kappa shape index (κ2) is 11.0. The van der Waals surface area contributed by atoms with Crippen molar-refractivity contribution in [2.24, 2.45) is 4.99 Å². The molecule has 0 heterocycles. The molecule has 0 fully saturated rings. The number of sulfone groups is 1. The van der Waals surface area contributed by atoms with Gasteiger partial charge in [-0.05, 0) is 44.3 Å². The lowest BCUT2D eigenvalue weighted by molar-refractivity contribution is 0.288. The maximum atomic E-state index is 11.6. The van der Waals surface area contributed by atoms with Crippen molar-refractivity contribution in [2.45, 2.75) is 17.4 Å². The molecule has 0 saturated carbocycles. The van der Waals surface area contributed by atoms with Gasteiger partial charge in [-0.1, -0.05) is 30.3 Å². The van der Waals surface area contributed by atoms with Crippen LogP contribution in [-0.4, -0.2) is 66.9 Å². The second-order valence-electron chi connectivity index (χ2n) is 7.27. The number of aliphatic imine (C=N–C) groups is 1. The van der Waals surface area contributed by atoms with Gasteiger partial charge in [-0.15, -0.1) is 0 Å². The summed E-state index contributed by atoms with van der Waals surface area (Å²) in [5, 5.41) is 6.69. The number of methoxy groups -OCH3 is 1. The van der Waals surface area contributed by atoms with E-state index < -0.39 is 9.84 Å². The third-order valence-corrected chi connectivity index (χ3v) is 5.99. The molecule has 0 amide bonds. The fourth-order valence-electron chi connectivity index (χ4n) is 3.15. The Balaban J connectivity index is 1.92. The normalized spacial score (nSPS) is 13.2. The molecule has 2 N–H and O–H groups in total. The molecule has 0 aliphatic heterocycles. The minimum absolute atomic E-state index is 0.114. The number of hydrogen-bond acceptors (Lipinski definition) is 5. The number of para-hydroxylation sites is 1. The molecule has 2 aromatic carbocycles. The van der Waals surface area contributed by atoms with Crippen LogP contribution in [0.5, 0.6) is 5.75 Å². The standard InChI is InChI=1S/C22H32N4O3S/c1-23-22(24-15-14-17-10-12-18(13-11-17)30(5,27)28)25-16-20(26(2)3)19-8-6-7-9-21(19)29-4/h6-13,20H,14-16H2,1-5H3,(H2,23,24,25). The van der Waals surface area contributed by atoms with Crippen molar-refractivity contribution < 1.29 is 13.2 Å². The zero-order chi connectivity index (χ0) is 22.1. The van der Waals surface area contributed by atoms with E-state index in [1.165, 1.54) is 6.26 Å². The molecule has 0 radical (unpaired) electrons. The smallest absolute Gasteiger partial charge is 0.191 e. The van der Waals surface area contributed by atoms with Crippen LogP contribution in [0.4, 0.5) is 0 Å². The summed E-state index contributed by atoms with van der Waals surface area (Å²) in [6.45, 7) is 1.34. The van der Waals surface area contributed by atoms with Gasteiger partial charge < -0.3 is 20.3 Å². The van der Waals surface area contributed by atoms with Gasteiger partial charge in [0.15, 0.2) is 15.8 Å². The number of nitrogens with zero attached hydrogens (tertiary/aromatic N) is 2. The van der Waals surface area contributed by atoms with E-state index in [1.54, 1.807) is 26.3 Å². The van der Waals surface area contributed by atoms with Crippen LogP contribution in [0, 0.1) is 0 Å². The van der Waals surface area contributed by atoms with E-state index in [0.29, 0.717) is 23.9 Å². The van der Waals surface area contributed by atoms with Gasteiger partial charge in [0, 0.05) is 32.0 Å². The Morgan fingerprint density at radius 2 is 1.77 bits per heavy atom. The molecule has 0 saturated heterocycles. The Bertz CT molecular complexity index is 941. The van der Waals surface area contributed by atoms with Gasteiger partial charge in [0.25, 0.3) is 0 Å². The molecular weight excluding hydrogens is 400 g/mol. The first-order valence-corrected chi connectivity index (χ1v) is 11.7. The van der Waals surface area contributed by atoms with Crippen LogP contribution in [0.2, 0.25) is 0 Å². The average Bonchev–Trinajstić information content (AvgIpc) is 2.72. The third-order valence-electron chi connectivity index (χ3n) is 4.87. The van der Waals surface area contributed by atoms with Crippen LogP contribution in [0.1, 0.15) is 17.2 Å². The van der Waals surface area contributed by atoms with E-state index >= 15 is 0 Å². The first-order valence-electron chi connectivity index (χ1n) is 9.79. The van der Waals surface area contributed by atoms with Gasteiger partial charge in [0.1, 0.15) is 5.75 Å². The fourth-order valence-corrected chi connectivity index (χ4v) is 3.79. The van der Waals surface area contributed by atoms with Crippen molar-refractivity contribution in [3.8, 4) is 5.75 Å². The Morgan fingerprint density at radius 3 is 2.33 bits per heavy atom. The van der Waals surface area contributed by atoms with Crippen molar-refractivity contribution in [3.05, 3.63) is 59.7 Å². The first kappa shape index (κ1) is 23.7. The lowest BCUT2D eigenvalue weighted by atomic mass is 10.0. The van der Waals surface area contributed by atoms with E-state index in [4.69, 9.17) is 4.74 Å². The molecule has 0 aliphatic carbocycles. The van der Waals surface area contributed by atoms with E-state index in [1.807, 2.05) is 44.4 Å². The van der Waals surface area contributed by atoms with Gasteiger partial charge in [0.2, 0.25) is 0 Å². The quantitative estimate of drug-likeness (QED) is 0.467. The molecule has 0 aromatic heterocycles. The molecule has 164 valence electrons. The molecular formula is C22H32N4O3S. The van der Waals surface area contributed by atoms with Gasteiger partial charge in [-0.3, -0.25) is 4.99 Å². The maximum Gasteiger partial charge on any atom is 0.191 e. The van der Waals surface area contributed by atoms with Gasteiger partial charge in [-0.2, -0.15) is 0 Å². The summed E-state index contributed by atoms with van der Waals surface area (Å²) in [6.07, 6.45) is 1.97. The lowest BCUT2D eigenvalue weighted by Gasteiger charge is -2.27. The Morgan fingerprint density at radius 1 is 1.10 bits per heavy atom. The monoisotopic (exact) mass is 432 g/mol. The molecule has 7 nitrogen and oxygen atoms in total. The highest BCUT2D eigenvalue weighted by molar-refractivity contribution is 7.90. The summed E-state index contributed by atoms with van der Waals surface area (Å²) in [5.74, 6) is 1.57. The number of likely N-dealkylation sites (N-methyl/N-ethyl adjacent to an activating group) is 1. The summed E-state index contributed by atoms with van der Waals surface area (Å²) in [4.78, 5) is 6.77. The van der Waals surface area contributed by atoms with Gasteiger partial charge >= 0.3 is 0 Å². The second-order valence-corrected chi connectivity index (χ2v) is 9.28. The number of benzene rings is 2. The largest absolute Gasteiger partial charge is 0.496 e. The number of nitrogens with one attached hydrogen (secondary N) is 2. The number of guanidine groups is 1. The van der Waals surface area contributed by atoms with Crippen LogP contribution in [0.25, 0.3) is 0 Å². The highest BCUT2D eigenvalue weighted by atomic mass is 32.2. The molecule has 0 spiro atoms. The van der Waals surface area contributed by atoms with Crippen molar-refractivity contribution in [2.75, 3.05) is 47.6 Å². The molecule has 1 atom stereocenters. The fraction of sp³-hybridized carbons (Fsp3) is 0.409. The number of hydrogen-bond donors (Lipinski definition) is 2. The lowest BCUT2D eigenvalue weighted by Crippen LogP contribution is -2.42. The van der Waals surface area contributed by atoms with E-state index in [-0.39, 0.29) is 6.04 Å². The van der Waals surface area contributed by atoms with Crippen LogP contribution >= 0.6 is 0 Å². The first-order chi connectivity index (χ1) is 14.3.